The average molecular weight is 254 g/mol. The SMILES string of the molecule is Cc1c(Br)cccc1N1CCCC1=O. The Kier molecular flexibility index (Phi) is 2.59. The van der Waals surface area contributed by atoms with Gasteiger partial charge in [-0.3, -0.25) is 4.79 Å². The van der Waals surface area contributed by atoms with Crippen molar-refractivity contribution in [2.45, 2.75) is 19.8 Å². The van der Waals surface area contributed by atoms with Crippen LogP contribution in [0, 0.1) is 6.92 Å². The molecule has 1 amide bonds. The van der Waals surface area contributed by atoms with Gasteiger partial charge in [-0.2, -0.15) is 0 Å². The summed E-state index contributed by atoms with van der Waals surface area (Å²) in [4.78, 5) is 13.4. The molecule has 2 nitrogen and oxygen atoms in total. The maximum Gasteiger partial charge on any atom is 0.227 e. The third-order valence-electron chi connectivity index (χ3n) is 2.60. The zero-order valence-electron chi connectivity index (χ0n) is 8.09. The van der Waals surface area contributed by atoms with Gasteiger partial charge < -0.3 is 4.90 Å². The van der Waals surface area contributed by atoms with Crippen LogP contribution >= 0.6 is 15.9 Å². The maximum absolute atomic E-state index is 11.5. The molecule has 1 saturated heterocycles. The van der Waals surface area contributed by atoms with Crippen LogP contribution in [0.25, 0.3) is 0 Å². The van der Waals surface area contributed by atoms with Gasteiger partial charge in [0.25, 0.3) is 0 Å². The Morgan fingerprint density at radius 2 is 2.21 bits per heavy atom. The Bertz CT molecular complexity index is 376. The van der Waals surface area contributed by atoms with Crippen LogP contribution in [0.3, 0.4) is 0 Å². The number of amides is 1. The highest BCUT2D eigenvalue weighted by Crippen LogP contribution is 2.29. The molecule has 0 bridgehead atoms. The summed E-state index contributed by atoms with van der Waals surface area (Å²) >= 11 is 3.48. The van der Waals surface area contributed by atoms with Gasteiger partial charge in [0.15, 0.2) is 0 Å². The van der Waals surface area contributed by atoms with Gasteiger partial charge in [-0.05, 0) is 31.0 Å². The van der Waals surface area contributed by atoms with Crippen LogP contribution in [0.15, 0.2) is 22.7 Å². The summed E-state index contributed by atoms with van der Waals surface area (Å²) in [5, 5.41) is 0. The fraction of sp³-hybridized carbons (Fsp3) is 0.364. The lowest BCUT2D eigenvalue weighted by Gasteiger charge is -2.18. The second kappa shape index (κ2) is 3.73. The van der Waals surface area contributed by atoms with E-state index in [2.05, 4.69) is 15.9 Å². The molecule has 0 unspecified atom stereocenters. The number of anilines is 1. The molecular weight excluding hydrogens is 242 g/mol. The number of hydrogen-bond donors (Lipinski definition) is 0. The van der Waals surface area contributed by atoms with E-state index in [0.29, 0.717) is 6.42 Å². The Morgan fingerprint density at radius 3 is 2.86 bits per heavy atom. The summed E-state index contributed by atoms with van der Waals surface area (Å²) in [6.45, 7) is 2.89. The standard InChI is InChI=1S/C11H12BrNO/c1-8-9(12)4-2-5-10(8)13-7-3-6-11(13)14/h2,4-5H,3,6-7H2,1H3. The molecule has 0 saturated carbocycles. The number of halogens is 1. The number of rotatable bonds is 1. The molecule has 1 aromatic rings. The molecule has 1 heterocycles. The molecule has 0 atom stereocenters. The van der Waals surface area contributed by atoms with E-state index in [-0.39, 0.29) is 5.91 Å². The van der Waals surface area contributed by atoms with Crippen molar-refractivity contribution in [1.29, 1.82) is 0 Å². The van der Waals surface area contributed by atoms with Crippen LogP contribution in [0.5, 0.6) is 0 Å². The van der Waals surface area contributed by atoms with E-state index in [0.717, 1.165) is 28.7 Å². The first-order valence-corrected chi connectivity index (χ1v) is 5.55. The third kappa shape index (κ3) is 1.57. The number of benzene rings is 1. The summed E-state index contributed by atoms with van der Waals surface area (Å²) in [7, 11) is 0. The first kappa shape index (κ1) is 9.71. The van der Waals surface area contributed by atoms with Crippen LogP contribution in [0.2, 0.25) is 0 Å². The molecule has 14 heavy (non-hydrogen) atoms. The van der Waals surface area contributed by atoms with Gasteiger partial charge in [-0.1, -0.05) is 22.0 Å². The van der Waals surface area contributed by atoms with Gasteiger partial charge in [0, 0.05) is 23.1 Å². The van der Waals surface area contributed by atoms with Crippen molar-refractivity contribution in [2.75, 3.05) is 11.4 Å². The van der Waals surface area contributed by atoms with Gasteiger partial charge in [-0.25, -0.2) is 0 Å². The van der Waals surface area contributed by atoms with Crippen molar-refractivity contribution in [2.24, 2.45) is 0 Å². The van der Waals surface area contributed by atoms with Crippen molar-refractivity contribution in [3.05, 3.63) is 28.2 Å². The molecule has 0 N–H and O–H groups in total. The van der Waals surface area contributed by atoms with Crippen molar-refractivity contribution in [3.63, 3.8) is 0 Å². The number of carbonyl (C=O) groups is 1. The molecule has 3 heteroatoms. The summed E-state index contributed by atoms with van der Waals surface area (Å²) in [5.41, 5.74) is 2.18. The highest BCUT2D eigenvalue weighted by molar-refractivity contribution is 9.10. The van der Waals surface area contributed by atoms with Crippen LogP contribution in [0.4, 0.5) is 5.69 Å². The number of nitrogens with zero attached hydrogens (tertiary/aromatic N) is 1. The van der Waals surface area contributed by atoms with Crippen molar-refractivity contribution < 1.29 is 4.79 Å². The number of carbonyl (C=O) groups excluding carboxylic acids is 1. The smallest absolute Gasteiger partial charge is 0.227 e. The Balaban J connectivity index is 2.41. The van der Waals surface area contributed by atoms with Gasteiger partial charge in [-0.15, -0.1) is 0 Å². The number of hydrogen-bond acceptors (Lipinski definition) is 1. The highest BCUT2D eigenvalue weighted by atomic mass is 79.9. The molecule has 0 aliphatic carbocycles. The largest absolute Gasteiger partial charge is 0.312 e. The topological polar surface area (TPSA) is 20.3 Å². The molecule has 1 aliphatic heterocycles. The normalized spacial score (nSPS) is 16.4. The van der Waals surface area contributed by atoms with E-state index in [1.807, 2.05) is 30.0 Å². The maximum atomic E-state index is 11.5. The Labute approximate surface area is 92.0 Å². The van der Waals surface area contributed by atoms with E-state index in [1.54, 1.807) is 0 Å². The highest BCUT2D eigenvalue weighted by Gasteiger charge is 2.23. The third-order valence-corrected chi connectivity index (χ3v) is 3.46. The predicted octanol–water partition coefficient (Wildman–Crippen LogP) is 2.88. The van der Waals surface area contributed by atoms with Crippen LogP contribution in [0.1, 0.15) is 18.4 Å². The molecule has 0 radical (unpaired) electrons. The molecule has 1 aliphatic rings. The van der Waals surface area contributed by atoms with E-state index < -0.39 is 0 Å². The summed E-state index contributed by atoms with van der Waals surface area (Å²) in [6.07, 6.45) is 1.66. The van der Waals surface area contributed by atoms with Crippen molar-refractivity contribution in [3.8, 4) is 0 Å². The monoisotopic (exact) mass is 253 g/mol. The van der Waals surface area contributed by atoms with Crippen LogP contribution in [-0.2, 0) is 4.79 Å². The lowest BCUT2D eigenvalue weighted by molar-refractivity contribution is -0.117. The summed E-state index contributed by atoms with van der Waals surface area (Å²) in [6, 6.07) is 5.97. The van der Waals surface area contributed by atoms with Crippen LogP contribution in [-0.4, -0.2) is 12.5 Å². The molecule has 1 aromatic carbocycles. The molecular formula is C11H12BrNO. The lowest BCUT2D eigenvalue weighted by Crippen LogP contribution is -2.24. The van der Waals surface area contributed by atoms with Crippen molar-refractivity contribution >= 4 is 27.5 Å². The molecule has 2 rings (SSSR count). The lowest BCUT2D eigenvalue weighted by atomic mass is 10.2. The van der Waals surface area contributed by atoms with E-state index >= 15 is 0 Å². The second-order valence-electron chi connectivity index (χ2n) is 3.53. The van der Waals surface area contributed by atoms with Gasteiger partial charge in [0.05, 0.1) is 0 Å². The van der Waals surface area contributed by atoms with E-state index in [4.69, 9.17) is 0 Å². The molecule has 0 aromatic heterocycles. The van der Waals surface area contributed by atoms with Crippen molar-refractivity contribution in [1.82, 2.24) is 0 Å². The predicted molar refractivity (Wildman–Crippen MR) is 60.5 cm³/mol. The zero-order valence-corrected chi connectivity index (χ0v) is 9.67. The Morgan fingerprint density at radius 1 is 1.43 bits per heavy atom. The summed E-state index contributed by atoms with van der Waals surface area (Å²) < 4.78 is 1.06. The zero-order chi connectivity index (χ0) is 10.1. The quantitative estimate of drug-likeness (QED) is 0.754. The molecule has 74 valence electrons. The van der Waals surface area contributed by atoms with E-state index in [9.17, 15) is 4.79 Å². The summed E-state index contributed by atoms with van der Waals surface area (Å²) in [5.74, 6) is 0.242. The first-order chi connectivity index (χ1) is 6.70. The first-order valence-electron chi connectivity index (χ1n) is 4.75. The second-order valence-corrected chi connectivity index (χ2v) is 4.39. The van der Waals surface area contributed by atoms with Gasteiger partial charge in [0.1, 0.15) is 0 Å². The minimum atomic E-state index is 0.242. The fourth-order valence-electron chi connectivity index (χ4n) is 1.79. The average Bonchev–Trinajstić information content (AvgIpc) is 2.57. The molecule has 1 fully saturated rings. The van der Waals surface area contributed by atoms with E-state index in [1.165, 1.54) is 0 Å². The van der Waals surface area contributed by atoms with Gasteiger partial charge in [0.2, 0.25) is 5.91 Å². The van der Waals surface area contributed by atoms with Gasteiger partial charge >= 0.3 is 0 Å². The Hall–Kier alpha value is -0.830. The minimum absolute atomic E-state index is 0.242. The minimum Gasteiger partial charge on any atom is -0.312 e. The fourth-order valence-corrected chi connectivity index (χ4v) is 2.15. The molecule has 0 spiro atoms. The van der Waals surface area contributed by atoms with Crippen LogP contribution < -0.4 is 4.90 Å².